The Kier molecular flexibility index (Phi) is 6.78. The summed E-state index contributed by atoms with van der Waals surface area (Å²) in [5.41, 5.74) is 5.26. The first kappa shape index (κ1) is 21.4. The van der Waals surface area contributed by atoms with Crippen molar-refractivity contribution in [2.75, 3.05) is 26.2 Å². The molecule has 0 amide bonds. The van der Waals surface area contributed by atoms with Crippen molar-refractivity contribution in [2.45, 2.75) is 25.8 Å². The van der Waals surface area contributed by atoms with Crippen LogP contribution in [-0.4, -0.2) is 46.1 Å². The first-order valence-corrected chi connectivity index (χ1v) is 11.9. The SMILES string of the molecule is c1ccc(Cn2nnc(-c3ccccc3)c2-c2ccc(OCCCN3CCCC3)cc2)cc1. The van der Waals surface area contributed by atoms with Crippen molar-refractivity contribution in [3.63, 3.8) is 0 Å². The number of hydrogen-bond acceptors (Lipinski definition) is 4. The summed E-state index contributed by atoms with van der Waals surface area (Å²) in [7, 11) is 0. The Morgan fingerprint density at radius 1 is 0.758 bits per heavy atom. The predicted octanol–water partition coefficient (Wildman–Crippen LogP) is 5.53. The van der Waals surface area contributed by atoms with Gasteiger partial charge in [0.05, 0.1) is 18.8 Å². The van der Waals surface area contributed by atoms with Gasteiger partial charge in [-0.25, -0.2) is 4.68 Å². The Bertz CT molecular complexity index is 1130. The van der Waals surface area contributed by atoms with E-state index in [9.17, 15) is 0 Å². The lowest BCUT2D eigenvalue weighted by molar-refractivity contribution is 0.263. The third-order valence-electron chi connectivity index (χ3n) is 6.17. The second-order valence-electron chi connectivity index (χ2n) is 8.57. The van der Waals surface area contributed by atoms with Crippen LogP contribution >= 0.6 is 0 Å². The zero-order valence-corrected chi connectivity index (χ0v) is 18.9. The normalized spacial score (nSPS) is 13.9. The van der Waals surface area contributed by atoms with E-state index in [1.807, 2.05) is 28.9 Å². The summed E-state index contributed by atoms with van der Waals surface area (Å²) in [5.74, 6) is 0.906. The fraction of sp³-hybridized carbons (Fsp3) is 0.286. The van der Waals surface area contributed by atoms with Crippen LogP contribution in [0.1, 0.15) is 24.8 Å². The van der Waals surface area contributed by atoms with E-state index in [-0.39, 0.29) is 0 Å². The molecule has 5 heteroatoms. The Balaban J connectivity index is 1.34. The van der Waals surface area contributed by atoms with Gasteiger partial charge in [0.2, 0.25) is 0 Å². The van der Waals surface area contributed by atoms with Crippen molar-refractivity contribution < 1.29 is 4.74 Å². The van der Waals surface area contributed by atoms with Crippen molar-refractivity contribution in [1.82, 2.24) is 19.9 Å². The first-order chi connectivity index (χ1) is 16.4. The van der Waals surface area contributed by atoms with Gasteiger partial charge in [-0.15, -0.1) is 5.10 Å². The van der Waals surface area contributed by atoms with Gasteiger partial charge in [0.25, 0.3) is 0 Å². The standard InChI is InChI=1S/C28H30N4O/c1-3-10-23(11-4-1)22-32-28(27(29-30-32)24-12-5-2-6-13-24)25-14-16-26(17-15-25)33-21-9-20-31-18-7-8-19-31/h1-6,10-17H,7-9,18-22H2. The summed E-state index contributed by atoms with van der Waals surface area (Å²) in [6.07, 6.45) is 3.74. The molecule has 1 fully saturated rings. The molecule has 1 aliphatic rings. The third-order valence-corrected chi connectivity index (χ3v) is 6.17. The molecule has 0 aliphatic carbocycles. The molecule has 168 valence electrons. The van der Waals surface area contributed by atoms with Gasteiger partial charge < -0.3 is 9.64 Å². The van der Waals surface area contributed by atoms with Gasteiger partial charge in [0.1, 0.15) is 11.4 Å². The largest absolute Gasteiger partial charge is 0.494 e. The fourth-order valence-corrected chi connectivity index (χ4v) is 4.45. The molecule has 3 aromatic carbocycles. The Morgan fingerprint density at radius 2 is 1.45 bits per heavy atom. The smallest absolute Gasteiger partial charge is 0.121 e. The van der Waals surface area contributed by atoms with E-state index in [2.05, 4.69) is 75.9 Å². The molecule has 4 aromatic rings. The monoisotopic (exact) mass is 438 g/mol. The maximum atomic E-state index is 6.01. The summed E-state index contributed by atoms with van der Waals surface area (Å²) >= 11 is 0. The van der Waals surface area contributed by atoms with Crippen molar-refractivity contribution in [1.29, 1.82) is 0 Å². The molecular formula is C28H30N4O. The fourth-order valence-electron chi connectivity index (χ4n) is 4.45. The minimum Gasteiger partial charge on any atom is -0.494 e. The number of aromatic nitrogens is 3. The highest BCUT2D eigenvalue weighted by Crippen LogP contribution is 2.31. The highest BCUT2D eigenvalue weighted by atomic mass is 16.5. The van der Waals surface area contributed by atoms with E-state index in [1.165, 1.54) is 31.5 Å². The molecule has 0 saturated carbocycles. The van der Waals surface area contributed by atoms with Crippen LogP contribution in [0.3, 0.4) is 0 Å². The second-order valence-corrected chi connectivity index (χ2v) is 8.57. The molecule has 5 nitrogen and oxygen atoms in total. The van der Waals surface area contributed by atoms with Crippen LogP contribution in [0.5, 0.6) is 5.75 Å². The molecule has 1 aromatic heterocycles. The number of ether oxygens (including phenoxy) is 1. The average Bonchev–Trinajstić information content (AvgIpc) is 3.54. The lowest BCUT2D eigenvalue weighted by Gasteiger charge is -2.14. The van der Waals surface area contributed by atoms with Crippen LogP contribution in [0.15, 0.2) is 84.9 Å². The molecule has 0 N–H and O–H groups in total. The molecule has 0 bridgehead atoms. The van der Waals surface area contributed by atoms with Gasteiger partial charge in [-0.3, -0.25) is 0 Å². The molecule has 0 unspecified atom stereocenters. The van der Waals surface area contributed by atoms with Gasteiger partial charge in [0, 0.05) is 17.7 Å². The molecule has 2 heterocycles. The van der Waals surface area contributed by atoms with E-state index in [0.29, 0.717) is 6.54 Å². The van der Waals surface area contributed by atoms with Crippen LogP contribution in [0, 0.1) is 0 Å². The predicted molar refractivity (Wildman–Crippen MR) is 132 cm³/mol. The van der Waals surface area contributed by atoms with Crippen LogP contribution in [0.2, 0.25) is 0 Å². The van der Waals surface area contributed by atoms with Crippen LogP contribution in [0.4, 0.5) is 0 Å². The van der Waals surface area contributed by atoms with E-state index in [0.717, 1.165) is 47.8 Å². The average molecular weight is 439 g/mol. The zero-order valence-electron chi connectivity index (χ0n) is 18.9. The molecule has 5 rings (SSSR count). The van der Waals surface area contributed by atoms with Gasteiger partial charge in [-0.05, 0) is 62.2 Å². The van der Waals surface area contributed by atoms with Gasteiger partial charge in [-0.2, -0.15) is 0 Å². The Hall–Kier alpha value is -3.44. The maximum Gasteiger partial charge on any atom is 0.121 e. The van der Waals surface area contributed by atoms with E-state index < -0.39 is 0 Å². The number of hydrogen-bond donors (Lipinski definition) is 0. The molecule has 0 spiro atoms. The van der Waals surface area contributed by atoms with Crippen molar-refractivity contribution in [2.24, 2.45) is 0 Å². The molecule has 33 heavy (non-hydrogen) atoms. The molecule has 0 radical (unpaired) electrons. The molecule has 0 atom stereocenters. The van der Waals surface area contributed by atoms with Crippen molar-refractivity contribution in [3.8, 4) is 28.3 Å². The summed E-state index contributed by atoms with van der Waals surface area (Å²) in [6.45, 7) is 5.03. The number of benzene rings is 3. The first-order valence-electron chi connectivity index (χ1n) is 11.9. The Labute approximate surface area is 195 Å². The summed E-state index contributed by atoms with van der Waals surface area (Å²) < 4.78 is 8.00. The van der Waals surface area contributed by atoms with Crippen LogP contribution in [0.25, 0.3) is 22.5 Å². The molecule has 1 saturated heterocycles. The van der Waals surface area contributed by atoms with E-state index >= 15 is 0 Å². The van der Waals surface area contributed by atoms with Crippen LogP contribution in [-0.2, 0) is 6.54 Å². The van der Waals surface area contributed by atoms with Crippen molar-refractivity contribution >= 4 is 0 Å². The van der Waals surface area contributed by atoms with E-state index in [4.69, 9.17) is 4.74 Å². The number of likely N-dealkylation sites (tertiary alicyclic amines) is 1. The molecule has 1 aliphatic heterocycles. The van der Waals surface area contributed by atoms with Gasteiger partial charge >= 0.3 is 0 Å². The number of nitrogens with zero attached hydrogens (tertiary/aromatic N) is 4. The van der Waals surface area contributed by atoms with Crippen molar-refractivity contribution in [3.05, 3.63) is 90.5 Å². The minimum absolute atomic E-state index is 0.671. The highest BCUT2D eigenvalue weighted by molar-refractivity contribution is 5.78. The lowest BCUT2D eigenvalue weighted by atomic mass is 10.0. The second kappa shape index (κ2) is 10.5. The lowest BCUT2D eigenvalue weighted by Crippen LogP contribution is -2.21. The van der Waals surface area contributed by atoms with Crippen LogP contribution < -0.4 is 4.74 Å². The highest BCUT2D eigenvalue weighted by Gasteiger charge is 2.17. The third kappa shape index (κ3) is 5.32. The van der Waals surface area contributed by atoms with Gasteiger partial charge in [-0.1, -0.05) is 65.9 Å². The quantitative estimate of drug-likeness (QED) is 0.323. The number of rotatable bonds is 9. The summed E-state index contributed by atoms with van der Waals surface area (Å²) in [6, 6.07) is 29.0. The van der Waals surface area contributed by atoms with E-state index in [1.54, 1.807) is 0 Å². The molecular weight excluding hydrogens is 408 g/mol. The Morgan fingerprint density at radius 3 is 2.18 bits per heavy atom. The zero-order chi connectivity index (χ0) is 22.3. The topological polar surface area (TPSA) is 43.2 Å². The van der Waals surface area contributed by atoms with Gasteiger partial charge in [0.15, 0.2) is 0 Å². The summed E-state index contributed by atoms with van der Waals surface area (Å²) in [5, 5.41) is 9.07. The summed E-state index contributed by atoms with van der Waals surface area (Å²) in [4.78, 5) is 2.53. The maximum absolute atomic E-state index is 6.01. The minimum atomic E-state index is 0.671.